The molecule has 132 valence electrons. The molecular formula is C16H15ClN2O6. The molecule has 0 atom stereocenters. The minimum absolute atomic E-state index is 0.701. The molecule has 0 fully saturated rings. The number of rotatable bonds is 3. The molecule has 1 aromatic carbocycles. The first-order valence-corrected chi connectivity index (χ1v) is 8.16. The van der Waals surface area contributed by atoms with Gasteiger partial charge in [-0.25, -0.2) is 23.0 Å². The van der Waals surface area contributed by atoms with Crippen molar-refractivity contribution in [1.29, 1.82) is 0 Å². The van der Waals surface area contributed by atoms with Gasteiger partial charge in [0.1, 0.15) is 6.20 Å². The van der Waals surface area contributed by atoms with Gasteiger partial charge in [0.05, 0.1) is 20.4 Å². The number of fused-ring (bicyclic) bond motifs is 1. The Bertz CT molecular complexity index is 847. The Balaban J connectivity index is 0.000000399. The van der Waals surface area contributed by atoms with Crippen LogP contribution in [0, 0.1) is 10.2 Å². The lowest BCUT2D eigenvalue weighted by molar-refractivity contribution is -2.00. The molecule has 0 saturated heterocycles. The molecule has 0 aliphatic heterocycles. The third kappa shape index (κ3) is 5.52. The van der Waals surface area contributed by atoms with Gasteiger partial charge in [-0.2, -0.15) is 0 Å². The van der Waals surface area contributed by atoms with Crippen molar-refractivity contribution in [3.8, 4) is 22.8 Å². The second-order valence-electron chi connectivity index (χ2n) is 4.73. The first-order chi connectivity index (χ1) is 11.8. The number of methoxy groups -OCH3 is 2. The summed E-state index contributed by atoms with van der Waals surface area (Å²) in [5.74, 6) is 1.42. The van der Waals surface area contributed by atoms with Gasteiger partial charge >= 0.3 is 5.65 Å². The Labute approximate surface area is 145 Å². The number of halogens is 1. The highest BCUT2D eigenvalue weighted by Gasteiger charge is 2.12. The van der Waals surface area contributed by atoms with E-state index in [0.717, 1.165) is 16.9 Å². The van der Waals surface area contributed by atoms with Crippen molar-refractivity contribution < 1.29 is 42.8 Å². The van der Waals surface area contributed by atoms with Crippen molar-refractivity contribution in [3.05, 3.63) is 54.9 Å². The molecule has 25 heavy (non-hydrogen) atoms. The Hall–Kier alpha value is -2.49. The van der Waals surface area contributed by atoms with Crippen LogP contribution >= 0.6 is 0 Å². The summed E-state index contributed by atoms with van der Waals surface area (Å²) in [6.45, 7) is 0. The topological polar surface area (TPSA) is 128 Å². The maximum Gasteiger partial charge on any atom is 0.328 e. The Morgan fingerprint density at radius 2 is 1.56 bits per heavy atom. The predicted molar refractivity (Wildman–Crippen MR) is 75.9 cm³/mol. The fraction of sp³-hybridized carbons (Fsp3) is 0.125. The normalized spacial score (nSPS) is 10.8. The van der Waals surface area contributed by atoms with E-state index in [0.29, 0.717) is 11.5 Å². The molecule has 3 rings (SSSR count). The quantitative estimate of drug-likeness (QED) is 0.479. The number of benzene rings is 1. The van der Waals surface area contributed by atoms with Gasteiger partial charge in [-0.3, -0.25) is 0 Å². The van der Waals surface area contributed by atoms with Crippen LogP contribution in [-0.4, -0.2) is 19.2 Å². The predicted octanol–water partition coefficient (Wildman–Crippen LogP) is -2.25. The number of hydrogen-bond acceptors (Lipinski definition) is 7. The molecule has 0 aliphatic rings. The number of pyridine rings is 1. The highest BCUT2D eigenvalue weighted by atomic mass is 35.7. The molecule has 2 aromatic heterocycles. The highest BCUT2D eigenvalue weighted by molar-refractivity contribution is 5.64. The molecule has 0 amide bonds. The summed E-state index contributed by atoms with van der Waals surface area (Å²) in [6, 6.07) is 13.7. The molecule has 0 spiro atoms. The van der Waals surface area contributed by atoms with Crippen molar-refractivity contribution in [1.82, 2.24) is 4.98 Å². The lowest BCUT2D eigenvalue weighted by Crippen LogP contribution is -2.68. The molecular weight excluding hydrogens is 352 g/mol. The molecule has 8 nitrogen and oxygen atoms in total. The van der Waals surface area contributed by atoms with E-state index in [4.69, 9.17) is 28.1 Å². The number of nitrogens with zero attached hydrogens (tertiary/aromatic N) is 2. The van der Waals surface area contributed by atoms with Gasteiger partial charge in [0, 0.05) is 17.7 Å². The Morgan fingerprint density at radius 1 is 0.880 bits per heavy atom. The third-order valence-corrected chi connectivity index (χ3v) is 3.17. The van der Waals surface area contributed by atoms with Crippen LogP contribution in [0.5, 0.6) is 11.5 Å². The fourth-order valence-electron chi connectivity index (χ4n) is 2.14. The SMILES string of the molecule is COc1ccc(-c2cc[n+]3ccccc3n2)cc1OC.[O-][Cl+3]([O-])([O-])[O-]. The average molecular weight is 367 g/mol. The lowest BCUT2D eigenvalue weighted by atomic mass is 10.1. The highest BCUT2D eigenvalue weighted by Crippen LogP contribution is 2.31. The van der Waals surface area contributed by atoms with Crippen molar-refractivity contribution >= 4 is 5.65 Å². The summed E-state index contributed by atoms with van der Waals surface area (Å²) < 4.78 is 46.5. The number of ether oxygens (including phenoxy) is 2. The molecule has 0 radical (unpaired) electrons. The largest absolute Gasteiger partial charge is 0.493 e. The van der Waals surface area contributed by atoms with Crippen LogP contribution in [0.1, 0.15) is 0 Å². The number of aromatic nitrogens is 2. The molecule has 0 N–H and O–H groups in total. The van der Waals surface area contributed by atoms with Gasteiger partial charge in [0.2, 0.25) is 0 Å². The molecule has 0 unspecified atom stereocenters. The molecule has 0 saturated carbocycles. The average Bonchev–Trinajstić information content (AvgIpc) is 2.59. The van der Waals surface area contributed by atoms with Gasteiger partial charge < -0.3 is 9.47 Å². The van der Waals surface area contributed by atoms with E-state index in [1.165, 1.54) is 0 Å². The first kappa shape index (κ1) is 18.8. The van der Waals surface area contributed by atoms with Gasteiger partial charge in [-0.05, 0) is 29.2 Å². The summed E-state index contributed by atoms with van der Waals surface area (Å²) in [7, 11) is -1.69. The summed E-state index contributed by atoms with van der Waals surface area (Å²) in [4.78, 5) is 4.64. The van der Waals surface area contributed by atoms with E-state index in [-0.39, 0.29) is 0 Å². The van der Waals surface area contributed by atoms with Crippen molar-refractivity contribution in [2.75, 3.05) is 14.2 Å². The van der Waals surface area contributed by atoms with Crippen LogP contribution in [-0.2, 0) is 0 Å². The van der Waals surface area contributed by atoms with Crippen molar-refractivity contribution in [3.63, 3.8) is 0 Å². The molecule has 0 bridgehead atoms. The van der Waals surface area contributed by atoms with Crippen LogP contribution in [0.2, 0.25) is 0 Å². The van der Waals surface area contributed by atoms with Crippen LogP contribution < -0.4 is 32.5 Å². The molecule has 9 heteroatoms. The van der Waals surface area contributed by atoms with Crippen LogP contribution in [0.4, 0.5) is 0 Å². The maximum absolute atomic E-state index is 8.49. The summed E-state index contributed by atoms with van der Waals surface area (Å²) in [5.41, 5.74) is 2.80. The summed E-state index contributed by atoms with van der Waals surface area (Å²) >= 11 is 0. The van der Waals surface area contributed by atoms with E-state index in [2.05, 4.69) is 4.98 Å². The van der Waals surface area contributed by atoms with Gasteiger partial charge in [0.25, 0.3) is 0 Å². The Morgan fingerprint density at radius 3 is 2.20 bits per heavy atom. The van der Waals surface area contributed by atoms with Crippen LogP contribution in [0.3, 0.4) is 0 Å². The van der Waals surface area contributed by atoms with Crippen molar-refractivity contribution in [2.24, 2.45) is 0 Å². The van der Waals surface area contributed by atoms with E-state index in [1.54, 1.807) is 14.2 Å². The fourth-order valence-corrected chi connectivity index (χ4v) is 2.14. The molecule has 0 aliphatic carbocycles. The zero-order valence-electron chi connectivity index (χ0n) is 13.4. The molecule has 3 aromatic rings. The van der Waals surface area contributed by atoms with E-state index < -0.39 is 10.2 Å². The van der Waals surface area contributed by atoms with Crippen LogP contribution in [0.15, 0.2) is 54.9 Å². The van der Waals surface area contributed by atoms with Crippen LogP contribution in [0.25, 0.3) is 16.9 Å². The van der Waals surface area contributed by atoms with Gasteiger partial charge in [-0.15, -0.1) is 10.2 Å². The smallest absolute Gasteiger partial charge is 0.328 e. The van der Waals surface area contributed by atoms with E-state index in [1.807, 2.05) is 59.3 Å². The lowest BCUT2D eigenvalue weighted by Gasteiger charge is -2.17. The third-order valence-electron chi connectivity index (χ3n) is 3.17. The number of hydrogen-bond donors (Lipinski definition) is 0. The second kappa shape index (κ2) is 8.06. The minimum Gasteiger partial charge on any atom is -0.493 e. The van der Waals surface area contributed by atoms with Gasteiger partial charge in [0.15, 0.2) is 17.2 Å². The first-order valence-electron chi connectivity index (χ1n) is 6.93. The monoisotopic (exact) mass is 366 g/mol. The minimum atomic E-state index is -4.94. The zero-order chi connectivity index (χ0) is 18.4. The Kier molecular flexibility index (Phi) is 6.07. The standard InChI is InChI=1S/C16H15N2O2.ClHO4/c1-19-14-7-6-12(11-15(14)20-2)13-8-10-18-9-4-3-5-16(18)17-13;2-1(3,4)5/h3-11H,1-2H3;(H,2,3,4,5)/q+1;/p-1. The zero-order valence-corrected chi connectivity index (χ0v) is 14.2. The summed E-state index contributed by atoms with van der Waals surface area (Å²) in [6.07, 6.45) is 3.97. The van der Waals surface area contributed by atoms with Gasteiger partial charge in [-0.1, -0.05) is 6.07 Å². The van der Waals surface area contributed by atoms with E-state index >= 15 is 0 Å². The maximum atomic E-state index is 8.49. The second-order valence-corrected chi connectivity index (χ2v) is 5.48. The van der Waals surface area contributed by atoms with E-state index in [9.17, 15) is 0 Å². The summed E-state index contributed by atoms with van der Waals surface area (Å²) in [5, 5.41) is 0. The molecule has 2 heterocycles. The van der Waals surface area contributed by atoms with Crippen molar-refractivity contribution in [2.45, 2.75) is 0 Å².